The second kappa shape index (κ2) is 17.1. The van der Waals surface area contributed by atoms with E-state index < -0.39 is 0 Å². The first kappa shape index (κ1) is 30.7. The fourth-order valence-corrected chi connectivity index (χ4v) is 3.89. The molecule has 1 amide bonds. The van der Waals surface area contributed by atoms with Gasteiger partial charge in [-0.25, -0.2) is 9.37 Å². The highest BCUT2D eigenvalue weighted by atomic mass is 19.1. The molecule has 0 atom stereocenters. The molecule has 6 heteroatoms. The van der Waals surface area contributed by atoms with Crippen LogP contribution in [-0.4, -0.2) is 28.4 Å². The Bertz CT molecular complexity index is 1230. The molecular weight excluding hydrogens is 475 g/mol. The van der Waals surface area contributed by atoms with Gasteiger partial charge in [-0.15, -0.1) is 0 Å². The lowest BCUT2D eigenvalue weighted by molar-refractivity contribution is 0.0952. The van der Waals surface area contributed by atoms with Gasteiger partial charge in [-0.05, 0) is 75.0 Å². The molecule has 0 saturated carbocycles. The fourth-order valence-electron chi connectivity index (χ4n) is 3.89. The number of rotatable bonds is 10. The van der Waals surface area contributed by atoms with Crippen molar-refractivity contribution in [2.75, 3.05) is 13.1 Å². The number of unbranched alkanes of at least 4 members (excludes halogenated alkanes) is 1. The molecule has 0 aliphatic heterocycles. The largest absolute Gasteiger partial charge is 0.352 e. The van der Waals surface area contributed by atoms with E-state index in [1.165, 1.54) is 23.3 Å². The highest BCUT2D eigenvalue weighted by Gasteiger charge is 2.09. The minimum atomic E-state index is -0.162. The Morgan fingerprint density at radius 2 is 1.68 bits per heavy atom. The maximum atomic E-state index is 12.5. The smallest absolute Gasteiger partial charge is 0.252 e. The third kappa shape index (κ3) is 10.5. The molecule has 0 spiro atoms. The molecule has 0 aliphatic rings. The molecule has 5 nitrogen and oxygen atoms in total. The van der Waals surface area contributed by atoms with Gasteiger partial charge >= 0.3 is 0 Å². The summed E-state index contributed by atoms with van der Waals surface area (Å²) in [6, 6.07) is 18.8. The number of benzene rings is 2. The Labute approximate surface area is 227 Å². The molecule has 204 valence electrons. The Kier molecular flexibility index (Phi) is 13.8. The summed E-state index contributed by atoms with van der Waals surface area (Å²) in [4.78, 5) is 16.9. The van der Waals surface area contributed by atoms with Crippen LogP contribution in [0.3, 0.4) is 0 Å². The van der Waals surface area contributed by atoms with Crippen LogP contribution in [0.1, 0.15) is 72.8 Å². The molecule has 0 fully saturated rings. The summed E-state index contributed by atoms with van der Waals surface area (Å²) in [5.41, 5.74) is 6.26. The van der Waals surface area contributed by atoms with Gasteiger partial charge in [0.2, 0.25) is 0 Å². The molecule has 0 unspecified atom stereocenters. The third-order valence-electron chi connectivity index (χ3n) is 5.84. The van der Waals surface area contributed by atoms with Crippen LogP contribution in [0, 0.1) is 19.7 Å². The molecular formula is C32H43FN4O. The van der Waals surface area contributed by atoms with E-state index in [4.69, 9.17) is 0 Å². The summed E-state index contributed by atoms with van der Waals surface area (Å²) < 4.78 is 14.2. The van der Waals surface area contributed by atoms with Gasteiger partial charge in [-0.2, -0.15) is 0 Å². The second-order valence-corrected chi connectivity index (χ2v) is 9.07. The molecule has 0 aliphatic carbocycles. The molecule has 0 radical (unpaired) electrons. The quantitative estimate of drug-likeness (QED) is 0.221. The molecule has 0 bridgehead atoms. The lowest BCUT2D eigenvalue weighted by atomic mass is 10.1. The van der Waals surface area contributed by atoms with Gasteiger partial charge in [-0.3, -0.25) is 4.79 Å². The van der Waals surface area contributed by atoms with E-state index in [0.717, 1.165) is 55.7 Å². The zero-order valence-corrected chi connectivity index (χ0v) is 23.6. The van der Waals surface area contributed by atoms with Gasteiger partial charge in [0.25, 0.3) is 5.91 Å². The highest BCUT2D eigenvalue weighted by Crippen LogP contribution is 2.12. The zero-order chi connectivity index (χ0) is 27.8. The summed E-state index contributed by atoms with van der Waals surface area (Å²) in [5, 5.41) is 6.44. The van der Waals surface area contributed by atoms with Crippen molar-refractivity contribution in [2.24, 2.45) is 0 Å². The first-order chi connectivity index (χ1) is 18.5. The van der Waals surface area contributed by atoms with Crippen LogP contribution in [0.15, 0.2) is 73.1 Å². The Morgan fingerprint density at radius 1 is 0.947 bits per heavy atom. The van der Waals surface area contributed by atoms with Crippen LogP contribution < -0.4 is 10.6 Å². The molecule has 2 N–H and O–H groups in total. The van der Waals surface area contributed by atoms with Crippen molar-refractivity contribution in [3.63, 3.8) is 0 Å². The summed E-state index contributed by atoms with van der Waals surface area (Å²) in [5.74, 6) is -0.194. The van der Waals surface area contributed by atoms with Crippen molar-refractivity contribution in [3.05, 3.63) is 107 Å². The normalized spacial score (nSPS) is 10.3. The molecule has 4 aromatic rings. The lowest BCUT2D eigenvalue weighted by Crippen LogP contribution is -2.27. The molecule has 2 aromatic heterocycles. The maximum Gasteiger partial charge on any atom is 0.252 e. The number of nitrogens with one attached hydrogen (secondary N) is 2. The van der Waals surface area contributed by atoms with Gasteiger partial charge in [0.1, 0.15) is 11.5 Å². The Hall–Kier alpha value is -3.51. The standard InChI is InChI=1S/C23H30N4O.C7H7F.C2H6/c1-3-4-9-21-16-26-22-11-10-20(17-27(21)22)23(28)25-13-6-12-24-15-19-8-5-7-18(2)14-19;1-6-3-2-4-7(8)5-6;1-2/h5,7-8,10-11,14,16-17,24H,3-4,6,9,12-13,15H2,1-2H3,(H,25,28);2-5H,1H3;1-2H3. The Balaban J connectivity index is 0.000000428. The number of carbonyl (C=O) groups is 1. The van der Waals surface area contributed by atoms with E-state index in [2.05, 4.69) is 53.7 Å². The number of hydrogen-bond donors (Lipinski definition) is 2. The van der Waals surface area contributed by atoms with Gasteiger partial charge in [0, 0.05) is 31.2 Å². The number of pyridine rings is 1. The van der Waals surface area contributed by atoms with Gasteiger partial charge in [0.15, 0.2) is 0 Å². The van der Waals surface area contributed by atoms with Crippen LogP contribution in [0.2, 0.25) is 0 Å². The van der Waals surface area contributed by atoms with Crippen molar-refractivity contribution >= 4 is 11.6 Å². The average molecular weight is 519 g/mol. The van der Waals surface area contributed by atoms with Crippen LogP contribution in [0.25, 0.3) is 5.65 Å². The van der Waals surface area contributed by atoms with Gasteiger partial charge in [0.05, 0.1) is 5.56 Å². The lowest BCUT2D eigenvalue weighted by Gasteiger charge is -2.08. The summed E-state index contributed by atoms with van der Waals surface area (Å²) >= 11 is 0. The van der Waals surface area contributed by atoms with E-state index in [1.54, 1.807) is 6.07 Å². The first-order valence-corrected chi connectivity index (χ1v) is 13.7. The molecule has 2 aromatic carbocycles. The number of amides is 1. The predicted molar refractivity (Wildman–Crippen MR) is 156 cm³/mol. The van der Waals surface area contributed by atoms with Crippen molar-refractivity contribution in [3.8, 4) is 0 Å². The number of fused-ring (bicyclic) bond motifs is 1. The molecule has 4 rings (SSSR count). The van der Waals surface area contributed by atoms with E-state index in [9.17, 15) is 9.18 Å². The van der Waals surface area contributed by atoms with Crippen LogP contribution in [0.4, 0.5) is 4.39 Å². The summed E-state index contributed by atoms with van der Waals surface area (Å²) in [7, 11) is 0. The number of aromatic nitrogens is 2. The van der Waals surface area contributed by atoms with Crippen molar-refractivity contribution in [2.45, 2.75) is 66.8 Å². The van der Waals surface area contributed by atoms with E-state index >= 15 is 0 Å². The monoisotopic (exact) mass is 518 g/mol. The predicted octanol–water partition coefficient (Wildman–Crippen LogP) is 7.06. The minimum Gasteiger partial charge on any atom is -0.352 e. The maximum absolute atomic E-state index is 12.5. The zero-order valence-electron chi connectivity index (χ0n) is 23.6. The minimum absolute atomic E-state index is 0.0317. The number of nitrogens with zero attached hydrogens (tertiary/aromatic N) is 2. The third-order valence-corrected chi connectivity index (χ3v) is 5.84. The number of aryl methyl sites for hydroxylation is 3. The highest BCUT2D eigenvalue weighted by molar-refractivity contribution is 5.94. The van der Waals surface area contributed by atoms with Gasteiger partial charge in [-0.1, -0.05) is 69.2 Å². The second-order valence-electron chi connectivity index (χ2n) is 9.07. The van der Waals surface area contributed by atoms with Crippen LogP contribution >= 0.6 is 0 Å². The van der Waals surface area contributed by atoms with Crippen molar-refractivity contribution in [1.82, 2.24) is 20.0 Å². The van der Waals surface area contributed by atoms with E-state index in [1.807, 2.05) is 55.8 Å². The number of halogens is 1. The molecule has 38 heavy (non-hydrogen) atoms. The number of hydrogen-bond acceptors (Lipinski definition) is 3. The number of imidazole rings is 1. The summed E-state index contributed by atoms with van der Waals surface area (Å²) in [6.07, 6.45) is 7.96. The Morgan fingerprint density at radius 3 is 2.34 bits per heavy atom. The number of carbonyl (C=O) groups excluding carboxylic acids is 1. The molecule has 0 saturated heterocycles. The van der Waals surface area contributed by atoms with Crippen molar-refractivity contribution in [1.29, 1.82) is 0 Å². The fraction of sp³-hybridized carbons (Fsp3) is 0.375. The van der Waals surface area contributed by atoms with Crippen molar-refractivity contribution < 1.29 is 9.18 Å². The van der Waals surface area contributed by atoms with Crippen LogP contribution in [-0.2, 0) is 13.0 Å². The van der Waals surface area contributed by atoms with Crippen LogP contribution in [0.5, 0.6) is 0 Å². The topological polar surface area (TPSA) is 58.4 Å². The van der Waals surface area contributed by atoms with E-state index in [-0.39, 0.29) is 11.7 Å². The van der Waals surface area contributed by atoms with E-state index in [0.29, 0.717) is 12.1 Å². The summed E-state index contributed by atoms with van der Waals surface area (Å²) in [6.45, 7) is 12.5. The SMILES string of the molecule is CC.CCCCc1cnc2ccc(C(=O)NCCCNCc3cccc(C)c3)cn12.Cc1cccc(F)c1. The first-order valence-electron chi connectivity index (χ1n) is 13.7. The van der Waals surface area contributed by atoms with Gasteiger partial charge < -0.3 is 15.0 Å². The average Bonchev–Trinajstić information content (AvgIpc) is 3.33. The molecule has 2 heterocycles.